The van der Waals surface area contributed by atoms with Crippen LogP contribution in [0, 0.1) is 0 Å². The van der Waals surface area contributed by atoms with Crippen LogP contribution in [0.4, 0.5) is 0 Å². The van der Waals surface area contributed by atoms with E-state index in [0.717, 1.165) is 55.1 Å². The summed E-state index contributed by atoms with van der Waals surface area (Å²) in [7, 11) is 16.2. The third-order valence-corrected chi connectivity index (χ3v) is 24.5. The quantitative estimate of drug-likeness (QED) is 0.0390. The minimum absolute atomic E-state index is 1.12. The summed E-state index contributed by atoms with van der Waals surface area (Å²) in [5, 5.41) is 0. The maximum atomic E-state index is 2.75. The summed E-state index contributed by atoms with van der Waals surface area (Å²) in [5.74, 6) is 0. The van der Waals surface area contributed by atoms with Gasteiger partial charge in [-0.3, -0.25) is 17.9 Å². The molecule has 3 aromatic rings. The highest BCUT2D eigenvalue weighted by molar-refractivity contribution is 5.22. The Kier molecular flexibility index (Phi) is 42.5. The zero-order valence-electron chi connectivity index (χ0n) is 68.2. The van der Waals surface area contributed by atoms with E-state index in [0.29, 0.717) is 0 Å². The lowest BCUT2D eigenvalue weighted by Gasteiger charge is -2.48. The van der Waals surface area contributed by atoms with Crippen LogP contribution in [0.1, 0.15) is 296 Å². The van der Waals surface area contributed by atoms with E-state index in [2.05, 4.69) is 183 Å². The highest BCUT2D eigenvalue weighted by atomic mass is 15.6. The fourth-order valence-electron chi connectivity index (χ4n) is 17.6. The highest BCUT2D eigenvalue weighted by Crippen LogP contribution is 2.30. The Morgan fingerprint density at radius 1 is 0.268 bits per heavy atom. The molecule has 3 aromatic carbocycles. The Balaban J connectivity index is 2.06. The molecule has 8 unspecified atom stereocenters. The first-order valence-corrected chi connectivity index (χ1v) is 42.6. The largest absolute Gasteiger partial charge is 0.322 e. The van der Waals surface area contributed by atoms with Crippen molar-refractivity contribution in [1.82, 2.24) is 0 Å². The van der Waals surface area contributed by atoms with Crippen molar-refractivity contribution in [2.45, 2.75) is 301 Å². The van der Waals surface area contributed by atoms with Gasteiger partial charge in [-0.05, 0) is 110 Å². The number of hydrogen-bond donors (Lipinski definition) is 0. The van der Waals surface area contributed by atoms with Gasteiger partial charge in [0.1, 0.15) is 85.1 Å². The van der Waals surface area contributed by atoms with Gasteiger partial charge < -0.3 is 17.9 Å². The van der Waals surface area contributed by atoms with Crippen LogP contribution in [-0.2, 0) is 32.7 Å². The predicted octanol–water partition coefficient (Wildman–Crippen LogP) is 21.5. The second kappa shape index (κ2) is 47.6. The fraction of sp³-hybridized carbons (Fsp3) is 0.798. The Morgan fingerprint density at radius 2 is 0.546 bits per heavy atom. The number of nitrogens with zero attached hydrogens (tertiary/aromatic N) is 8. The number of quaternary nitrogens is 8. The second-order valence-corrected chi connectivity index (χ2v) is 35.0. The van der Waals surface area contributed by atoms with E-state index in [1.54, 1.807) is 22.3 Å². The molecule has 0 N–H and O–H groups in total. The van der Waals surface area contributed by atoms with Crippen LogP contribution in [0.5, 0.6) is 0 Å². The van der Waals surface area contributed by atoms with E-state index in [-0.39, 0.29) is 0 Å². The molecule has 0 aliphatic carbocycles. The molecule has 0 aromatic heterocycles. The van der Waals surface area contributed by atoms with Crippen LogP contribution in [0.15, 0.2) is 78.9 Å². The molecular weight excluding hydrogens is 1180 g/mol. The van der Waals surface area contributed by atoms with E-state index in [1.807, 2.05) is 0 Å². The van der Waals surface area contributed by atoms with Crippen molar-refractivity contribution in [3.63, 3.8) is 0 Å². The van der Waals surface area contributed by atoms with Gasteiger partial charge in [-0.25, -0.2) is 0 Å². The summed E-state index contributed by atoms with van der Waals surface area (Å²) in [6.45, 7) is 51.5. The maximum absolute atomic E-state index is 2.75. The smallest absolute Gasteiger partial charge is 0.207 e. The molecule has 0 fully saturated rings. The molecule has 4 heterocycles. The summed E-state index contributed by atoms with van der Waals surface area (Å²) >= 11 is 0. The normalized spacial score (nSPS) is 24.5. The summed E-state index contributed by atoms with van der Waals surface area (Å²) < 4.78 is 9.42. The van der Waals surface area contributed by atoms with Crippen molar-refractivity contribution < 1.29 is 35.9 Å². The molecule has 8 heteroatoms. The Labute approximate surface area is 606 Å². The lowest BCUT2D eigenvalue weighted by atomic mass is 10.1. The van der Waals surface area contributed by atoms with Gasteiger partial charge in [-0.2, -0.15) is 0 Å². The second-order valence-electron chi connectivity index (χ2n) is 35.0. The standard InChI is InChI=1S/C89H170N8/c1-16-25-33-44-62-90(10,24-9)70-74-96(68-50-39-31-22-7)75-72-92(12,64-46-35-27-18-3)79-86-54-56-87(57-55-86)80-93(13,65-47-36-28-19-4)73-77-97(69-51-40-32-23-8,76-71-91(11,63-45-34-26-17-2)78-85-52-42-41-43-53-85)84-95(15,67-49-38-30-21-6)82-89-60-58-88(59-61-89)81-94(14,83-96)66-48-37-29-20-5/h41-43,52-61H,16-40,44-51,62-84H2,1-15H3/q+8. The zero-order valence-corrected chi connectivity index (χ0v) is 68.2. The van der Waals surface area contributed by atoms with Crippen molar-refractivity contribution in [2.75, 3.05) is 167 Å². The SMILES string of the molecule is CCCCCC[N+](C)(CC)CC[N+]1(CCCCCC)CC[N+](C)(CCCCCC)Cc2ccc(cc2)C[N+](C)(CCCCCC)CC[N+](CCCCCC)(CC[N+](C)(CCCCCC)Cc2ccccc2)C[N+](C)(CCCCCC)Cc2ccc(cc2)C[N+](C)(CCCCCC)C1. The summed E-state index contributed by atoms with van der Waals surface area (Å²) in [4.78, 5) is 0. The molecule has 0 saturated heterocycles. The first-order valence-electron chi connectivity index (χ1n) is 42.6. The van der Waals surface area contributed by atoms with Gasteiger partial charge >= 0.3 is 0 Å². The molecule has 558 valence electrons. The van der Waals surface area contributed by atoms with Crippen LogP contribution in [0.3, 0.4) is 0 Å². The molecule has 97 heavy (non-hydrogen) atoms. The summed E-state index contributed by atoms with van der Waals surface area (Å²) in [5.41, 5.74) is 7.75. The number of unbranched alkanes of at least 4 members (excludes halogenated alkanes) is 24. The molecule has 4 bridgehead atoms. The minimum Gasteiger partial charge on any atom is -0.322 e. The molecule has 8 atom stereocenters. The maximum Gasteiger partial charge on any atom is 0.207 e. The molecule has 7 rings (SSSR count). The third-order valence-electron chi connectivity index (χ3n) is 24.5. The van der Waals surface area contributed by atoms with Gasteiger partial charge in [0, 0.05) is 27.8 Å². The lowest BCUT2D eigenvalue weighted by molar-refractivity contribution is -1.11. The van der Waals surface area contributed by atoms with E-state index < -0.39 is 0 Å². The first-order chi connectivity index (χ1) is 46.7. The van der Waals surface area contributed by atoms with Gasteiger partial charge in [-0.15, -0.1) is 0 Å². The van der Waals surface area contributed by atoms with Gasteiger partial charge in [0.2, 0.25) is 13.3 Å². The van der Waals surface area contributed by atoms with Crippen molar-refractivity contribution in [2.24, 2.45) is 0 Å². The minimum atomic E-state index is 1.12. The van der Waals surface area contributed by atoms with Crippen LogP contribution in [0.25, 0.3) is 0 Å². The van der Waals surface area contributed by atoms with Gasteiger partial charge in [-0.1, -0.05) is 237 Å². The van der Waals surface area contributed by atoms with Crippen molar-refractivity contribution in [3.8, 4) is 0 Å². The van der Waals surface area contributed by atoms with Crippen LogP contribution in [-0.4, -0.2) is 203 Å². The number of benzene rings is 3. The predicted molar refractivity (Wildman–Crippen MR) is 427 cm³/mol. The number of likely N-dealkylation sites (N-methyl/N-ethyl adjacent to an activating group) is 4. The van der Waals surface area contributed by atoms with E-state index in [1.165, 1.54) is 349 Å². The Bertz CT molecular complexity index is 2400. The zero-order chi connectivity index (χ0) is 70.7. The molecule has 0 saturated carbocycles. The van der Waals surface area contributed by atoms with Crippen LogP contribution >= 0.6 is 0 Å². The van der Waals surface area contributed by atoms with Gasteiger partial charge in [0.15, 0.2) is 0 Å². The molecule has 4 aliphatic heterocycles. The molecule has 4 aliphatic rings. The Hall–Kier alpha value is -2.66. The van der Waals surface area contributed by atoms with E-state index in [9.17, 15) is 0 Å². The van der Waals surface area contributed by atoms with E-state index in [4.69, 9.17) is 0 Å². The first kappa shape index (κ1) is 86.7. The number of rotatable bonds is 49. The van der Waals surface area contributed by atoms with Gasteiger partial charge in [0.25, 0.3) is 0 Å². The monoisotopic (exact) mass is 1350 g/mol. The van der Waals surface area contributed by atoms with E-state index >= 15 is 0 Å². The van der Waals surface area contributed by atoms with Crippen molar-refractivity contribution in [3.05, 3.63) is 107 Å². The van der Waals surface area contributed by atoms with Crippen molar-refractivity contribution >= 4 is 0 Å². The number of hydrogen-bond acceptors (Lipinski definition) is 0. The van der Waals surface area contributed by atoms with Crippen LogP contribution < -0.4 is 0 Å². The van der Waals surface area contributed by atoms with Crippen LogP contribution in [0.2, 0.25) is 0 Å². The lowest BCUT2D eigenvalue weighted by Crippen LogP contribution is -2.66. The molecular formula is C89H170N8+8. The highest BCUT2D eigenvalue weighted by Gasteiger charge is 2.44. The molecule has 0 amide bonds. The average molecular weight is 1350 g/mol. The third kappa shape index (κ3) is 34.9. The molecule has 8 nitrogen and oxygen atoms in total. The molecule has 0 spiro atoms. The van der Waals surface area contributed by atoms with Gasteiger partial charge in [0.05, 0.1) is 101 Å². The Morgan fingerprint density at radius 3 is 0.866 bits per heavy atom. The van der Waals surface area contributed by atoms with Crippen molar-refractivity contribution in [1.29, 1.82) is 0 Å². The topological polar surface area (TPSA) is 0 Å². The summed E-state index contributed by atoms with van der Waals surface area (Å²) in [6, 6.07) is 32.8. The average Bonchev–Trinajstić information content (AvgIpc) is 0.804. The summed E-state index contributed by atoms with van der Waals surface area (Å²) in [6.07, 6.45) is 42.7. The molecule has 0 radical (unpaired) electrons. The fourth-order valence-corrected chi connectivity index (χ4v) is 17.6.